The number of fused-ring (bicyclic) bond motifs is 1. The second kappa shape index (κ2) is 13.3. The van der Waals surface area contributed by atoms with Gasteiger partial charge in [-0.05, 0) is 87.3 Å². The highest BCUT2D eigenvalue weighted by molar-refractivity contribution is 7.53. The van der Waals surface area contributed by atoms with E-state index in [-0.39, 0.29) is 42.8 Å². The Morgan fingerprint density at radius 1 is 1.07 bits per heavy atom. The number of amides is 1. The number of carbonyl (C=O) groups is 1. The van der Waals surface area contributed by atoms with E-state index in [1.54, 1.807) is 56.1 Å². The molecule has 1 amide bonds. The summed E-state index contributed by atoms with van der Waals surface area (Å²) in [4.78, 5) is 22.9. The van der Waals surface area contributed by atoms with Crippen LogP contribution in [0.1, 0.15) is 85.0 Å². The van der Waals surface area contributed by atoms with Gasteiger partial charge in [-0.15, -0.1) is 0 Å². The molecular formula is C32H39F3N5O5P. The number of anilines is 4. The smallest absolute Gasteiger partial charge is 0.390 e. The molecule has 1 aliphatic carbocycles. The molecule has 0 atom stereocenters. The molecule has 3 N–H and O–H groups in total. The third kappa shape index (κ3) is 7.54. The molecule has 1 fully saturated rings. The topological polar surface area (TPSA) is 126 Å². The molecule has 1 saturated carbocycles. The van der Waals surface area contributed by atoms with Gasteiger partial charge in [-0.3, -0.25) is 9.36 Å². The van der Waals surface area contributed by atoms with Crippen molar-refractivity contribution in [3.8, 4) is 0 Å². The van der Waals surface area contributed by atoms with Crippen molar-refractivity contribution < 1.29 is 36.7 Å². The molecule has 2 heterocycles. The van der Waals surface area contributed by atoms with Crippen LogP contribution in [-0.4, -0.2) is 51.7 Å². The van der Waals surface area contributed by atoms with Crippen LogP contribution in [0.4, 0.5) is 36.3 Å². The van der Waals surface area contributed by atoms with Crippen LogP contribution >= 0.6 is 7.60 Å². The van der Waals surface area contributed by atoms with Crippen molar-refractivity contribution >= 4 is 36.6 Å². The summed E-state index contributed by atoms with van der Waals surface area (Å²) in [5.41, 5.74) is 1.69. The fourth-order valence-corrected chi connectivity index (χ4v) is 7.76. The van der Waals surface area contributed by atoms with E-state index in [0.717, 1.165) is 24.0 Å². The summed E-state index contributed by atoms with van der Waals surface area (Å²) in [6, 6.07) is 10.2. The molecule has 0 unspecified atom stereocenters. The average Bonchev–Trinajstić information content (AvgIpc) is 3.28. The van der Waals surface area contributed by atoms with Crippen LogP contribution in [0, 0.1) is 0 Å². The number of nitrogens with one attached hydrogen (secondary N) is 2. The Kier molecular flexibility index (Phi) is 9.79. The van der Waals surface area contributed by atoms with Crippen molar-refractivity contribution in [1.29, 1.82) is 0 Å². The van der Waals surface area contributed by atoms with E-state index in [1.165, 1.54) is 0 Å². The van der Waals surface area contributed by atoms with Crippen LogP contribution < -0.4 is 10.6 Å². The molecule has 0 saturated heterocycles. The maximum Gasteiger partial charge on any atom is 0.421 e. The Bertz CT molecular complexity index is 1610. The summed E-state index contributed by atoms with van der Waals surface area (Å²) >= 11 is 0. The summed E-state index contributed by atoms with van der Waals surface area (Å²) in [7, 11) is -1.65. The van der Waals surface area contributed by atoms with Crippen molar-refractivity contribution in [1.82, 2.24) is 14.9 Å². The number of nitrogens with zero attached hydrogens (tertiary/aromatic N) is 3. The Hall–Kier alpha value is -3.51. The SMILES string of the molecule is CCOP(=O)(Cc1ccc(Nc2ncc(C(F)(F)F)c(Nc3ccc([C@H]4CC[C@](C)(O)CC4)c4c3C(=O)N(C)C4)n2)cc1)OCC. The minimum Gasteiger partial charge on any atom is -0.390 e. The van der Waals surface area contributed by atoms with Gasteiger partial charge >= 0.3 is 13.8 Å². The fraction of sp³-hybridized carbons (Fsp3) is 0.469. The quantitative estimate of drug-likeness (QED) is 0.177. The van der Waals surface area contributed by atoms with E-state index < -0.39 is 30.8 Å². The highest BCUT2D eigenvalue weighted by atomic mass is 31.2. The first-order valence-corrected chi connectivity index (χ1v) is 17.0. The second-order valence-electron chi connectivity index (χ2n) is 12.0. The fourth-order valence-electron chi connectivity index (χ4n) is 6.06. The van der Waals surface area contributed by atoms with Crippen molar-refractivity contribution in [2.24, 2.45) is 0 Å². The van der Waals surface area contributed by atoms with E-state index >= 15 is 0 Å². The lowest BCUT2D eigenvalue weighted by atomic mass is 9.75. The Balaban J connectivity index is 1.42. The van der Waals surface area contributed by atoms with Gasteiger partial charge in [0.1, 0.15) is 11.4 Å². The van der Waals surface area contributed by atoms with Gasteiger partial charge in [-0.1, -0.05) is 18.2 Å². The van der Waals surface area contributed by atoms with Gasteiger partial charge in [-0.2, -0.15) is 18.2 Å². The highest BCUT2D eigenvalue weighted by Gasteiger charge is 2.38. The van der Waals surface area contributed by atoms with Gasteiger partial charge < -0.3 is 29.7 Å². The number of aliphatic hydroxyl groups is 1. The molecular weight excluding hydrogens is 622 g/mol. The van der Waals surface area contributed by atoms with E-state index in [1.807, 2.05) is 13.0 Å². The molecule has 1 aliphatic heterocycles. The lowest BCUT2D eigenvalue weighted by molar-refractivity contribution is -0.137. The first-order chi connectivity index (χ1) is 21.7. The van der Waals surface area contributed by atoms with E-state index in [0.29, 0.717) is 42.4 Å². The molecule has 0 bridgehead atoms. The van der Waals surface area contributed by atoms with Crippen LogP contribution in [0.3, 0.4) is 0 Å². The largest absolute Gasteiger partial charge is 0.421 e. The van der Waals surface area contributed by atoms with Crippen molar-refractivity contribution in [3.05, 3.63) is 70.4 Å². The molecule has 3 aromatic rings. The van der Waals surface area contributed by atoms with Crippen molar-refractivity contribution in [2.45, 2.75) is 76.9 Å². The molecule has 10 nitrogen and oxygen atoms in total. The van der Waals surface area contributed by atoms with Gasteiger partial charge in [0, 0.05) is 25.5 Å². The minimum absolute atomic E-state index is 0.0678. The Labute approximate surface area is 266 Å². The molecule has 5 rings (SSSR count). The van der Waals surface area contributed by atoms with E-state index in [4.69, 9.17) is 9.05 Å². The van der Waals surface area contributed by atoms with Gasteiger partial charge in [-0.25, -0.2) is 4.98 Å². The van der Waals surface area contributed by atoms with Gasteiger partial charge in [0.25, 0.3) is 5.91 Å². The van der Waals surface area contributed by atoms with Gasteiger partial charge in [0.15, 0.2) is 0 Å². The number of alkyl halides is 3. The third-order valence-corrected chi connectivity index (χ3v) is 10.4. The van der Waals surface area contributed by atoms with Crippen molar-refractivity contribution in [2.75, 3.05) is 30.9 Å². The zero-order chi connectivity index (χ0) is 33.3. The summed E-state index contributed by atoms with van der Waals surface area (Å²) in [6.45, 7) is 6.10. The number of hydrogen-bond acceptors (Lipinski definition) is 9. The number of rotatable bonds is 11. The zero-order valence-corrected chi connectivity index (χ0v) is 27.2. The van der Waals surface area contributed by atoms with Crippen LogP contribution in [0.25, 0.3) is 0 Å². The summed E-state index contributed by atoms with van der Waals surface area (Å²) < 4.78 is 65.9. The number of hydrogen-bond donors (Lipinski definition) is 3. The van der Waals surface area contributed by atoms with Crippen LogP contribution in [-0.2, 0) is 32.5 Å². The minimum atomic E-state index is -4.76. The van der Waals surface area contributed by atoms with Crippen LogP contribution in [0.5, 0.6) is 0 Å². The molecule has 1 aromatic heterocycles. The Morgan fingerprint density at radius 3 is 2.33 bits per heavy atom. The van der Waals surface area contributed by atoms with Crippen LogP contribution in [0.15, 0.2) is 42.6 Å². The number of halogens is 3. The number of carbonyl (C=O) groups excluding carboxylic acids is 1. The average molecular weight is 662 g/mol. The van der Waals surface area contributed by atoms with Gasteiger partial charge in [0.05, 0.1) is 36.2 Å². The summed E-state index contributed by atoms with van der Waals surface area (Å²) in [5, 5.41) is 16.1. The third-order valence-electron chi connectivity index (χ3n) is 8.39. The maximum absolute atomic E-state index is 14.1. The number of aromatic nitrogens is 2. The highest BCUT2D eigenvalue weighted by Crippen LogP contribution is 2.51. The monoisotopic (exact) mass is 661 g/mol. The molecule has 2 aliphatic rings. The first-order valence-electron chi connectivity index (χ1n) is 15.3. The molecule has 2 aromatic carbocycles. The van der Waals surface area contributed by atoms with Crippen LogP contribution in [0.2, 0.25) is 0 Å². The standard InChI is InChI=1S/C32H39F3N5O5P/c1-5-44-46(43,45-6-2)19-20-7-9-22(10-8-20)37-30-36-17-25(32(33,34)35)28(39-30)38-26-12-11-23(21-13-15-31(3,42)16-14-21)24-18-40(4)29(41)27(24)26/h7-12,17,21,42H,5-6,13-16,18-19H2,1-4H3,(H2,36,37,38,39)/t21-,31-. The molecule has 0 spiro atoms. The summed E-state index contributed by atoms with van der Waals surface area (Å²) in [6.07, 6.45) is -1.23. The zero-order valence-electron chi connectivity index (χ0n) is 26.3. The normalized spacial score (nSPS) is 20.1. The maximum atomic E-state index is 14.1. The van der Waals surface area contributed by atoms with E-state index in [9.17, 15) is 27.6 Å². The predicted molar refractivity (Wildman–Crippen MR) is 169 cm³/mol. The summed E-state index contributed by atoms with van der Waals surface area (Å²) in [5.74, 6) is -0.744. The first kappa shape index (κ1) is 33.8. The molecule has 0 radical (unpaired) electrons. The van der Waals surface area contributed by atoms with E-state index in [2.05, 4.69) is 20.6 Å². The van der Waals surface area contributed by atoms with Gasteiger partial charge in [0.2, 0.25) is 5.95 Å². The molecule has 248 valence electrons. The number of benzene rings is 2. The second-order valence-corrected chi connectivity index (χ2v) is 14.0. The predicted octanol–water partition coefficient (Wildman–Crippen LogP) is 7.74. The molecule has 14 heteroatoms. The lowest BCUT2D eigenvalue weighted by Gasteiger charge is -2.34. The molecule has 46 heavy (non-hydrogen) atoms. The van der Waals surface area contributed by atoms with Crippen molar-refractivity contribution in [3.63, 3.8) is 0 Å². The Morgan fingerprint density at radius 2 is 1.72 bits per heavy atom. The lowest BCUT2D eigenvalue weighted by Crippen LogP contribution is -2.29.